The van der Waals surface area contributed by atoms with Crippen molar-refractivity contribution in [1.29, 1.82) is 0 Å². The third-order valence-electron chi connectivity index (χ3n) is 6.53. The Labute approximate surface area is 207 Å². The van der Waals surface area contributed by atoms with E-state index >= 15 is 0 Å². The van der Waals surface area contributed by atoms with Crippen molar-refractivity contribution in [3.8, 4) is 11.5 Å². The minimum atomic E-state index is -0.0818. The standard InChI is InChI=1S/C27H36N4O4/c1-6-33-22-11-10-20(15-23(22)34-7-2)12-13-28-26(32)21-9-8-14-31(16-21)25-24-17(3)18(4)35-27(24)30-19(5)29-25/h10-11,15,21H,6-9,12-14,16H2,1-5H3,(H,28,32)/t21-/m0/s1. The quantitative estimate of drug-likeness (QED) is 0.482. The van der Waals surface area contributed by atoms with E-state index in [1.807, 2.05) is 52.8 Å². The maximum absolute atomic E-state index is 13.0. The normalized spacial score (nSPS) is 15.9. The summed E-state index contributed by atoms with van der Waals surface area (Å²) in [6.45, 7) is 13.0. The maximum Gasteiger partial charge on any atom is 0.231 e. The number of nitrogens with zero attached hydrogens (tertiary/aromatic N) is 3. The second kappa shape index (κ2) is 11.0. The van der Waals surface area contributed by atoms with Gasteiger partial charge in [-0.3, -0.25) is 4.79 Å². The average molecular weight is 481 g/mol. The molecule has 1 fully saturated rings. The van der Waals surface area contributed by atoms with Crippen LogP contribution in [0.5, 0.6) is 11.5 Å². The molecule has 3 heterocycles. The number of nitrogens with one attached hydrogen (secondary N) is 1. The molecule has 1 aliphatic rings. The maximum atomic E-state index is 13.0. The molecule has 0 aliphatic carbocycles. The van der Waals surface area contributed by atoms with Crippen molar-refractivity contribution in [3.05, 3.63) is 40.9 Å². The number of aromatic nitrogens is 2. The summed E-state index contributed by atoms with van der Waals surface area (Å²) in [5, 5.41) is 4.09. The van der Waals surface area contributed by atoms with Gasteiger partial charge in [0.15, 0.2) is 11.5 Å². The Bertz CT molecular complexity index is 1190. The van der Waals surface area contributed by atoms with Crippen LogP contribution in [-0.4, -0.2) is 48.7 Å². The van der Waals surface area contributed by atoms with Gasteiger partial charge in [-0.15, -0.1) is 0 Å². The molecule has 1 N–H and O–H groups in total. The molecule has 1 saturated heterocycles. The Kier molecular flexibility index (Phi) is 7.78. The van der Waals surface area contributed by atoms with E-state index in [0.29, 0.717) is 37.8 Å². The molecule has 35 heavy (non-hydrogen) atoms. The highest BCUT2D eigenvalue weighted by Gasteiger charge is 2.29. The van der Waals surface area contributed by atoms with Crippen molar-refractivity contribution < 1.29 is 18.7 Å². The summed E-state index contributed by atoms with van der Waals surface area (Å²) in [5.41, 5.74) is 2.78. The van der Waals surface area contributed by atoms with Crippen molar-refractivity contribution in [2.75, 3.05) is 37.7 Å². The number of anilines is 1. The first-order valence-electron chi connectivity index (χ1n) is 12.6. The second-order valence-electron chi connectivity index (χ2n) is 9.03. The Morgan fingerprint density at radius 2 is 1.91 bits per heavy atom. The van der Waals surface area contributed by atoms with E-state index in [9.17, 15) is 4.79 Å². The minimum Gasteiger partial charge on any atom is -0.490 e. The van der Waals surface area contributed by atoms with E-state index in [0.717, 1.165) is 65.4 Å². The zero-order chi connectivity index (χ0) is 24.9. The van der Waals surface area contributed by atoms with Crippen LogP contribution in [0.25, 0.3) is 11.1 Å². The lowest BCUT2D eigenvalue weighted by Gasteiger charge is -2.33. The number of benzene rings is 1. The van der Waals surface area contributed by atoms with Crippen molar-refractivity contribution in [1.82, 2.24) is 15.3 Å². The lowest BCUT2D eigenvalue weighted by Crippen LogP contribution is -2.44. The molecule has 0 radical (unpaired) electrons. The van der Waals surface area contributed by atoms with E-state index in [1.54, 1.807) is 0 Å². The number of amides is 1. The summed E-state index contributed by atoms with van der Waals surface area (Å²) in [4.78, 5) is 24.5. The summed E-state index contributed by atoms with van der Waals surface area (Å²) in [6, 6.07) is 5.97. The SMILES string of the molecule is CCOc1ccc(CCNC(=O)[C@H]2CCCN(c3nc(C)nc4oc(C)c(C)c34)C2)cc1OCC. The van der Waals surface area contributed by atoms with Crippen LogP contribution in [0.15, 0.2) is 22.6 Å². The molecule has 4 rings (SSSR count). The Morgan fingerprint density at radius 1 is 1.14 bits per heavy atom. The number of hydrogen-bond donors (Lipinski definition) is 1. The number of carbonyl (C=O) groups excluding carboxylic acids is 1. The van der Waals surface area contributed by atoms with Crippen LogP contribution in [0.4, 0.5) is 5.82 Å². The zero-order valence-electron chi connectivity index (χ0n) is 21.4. The van der Waals surface area contributed by atoms with Gasteiger partial charge in [0.2, 0.25) is 11.6 Å². The number of aryl methyl sites for hydroxylation is 3. The van der Waals surface area contributed by atoms with Crippen molar-refractivity contribution in [3.63, 3.8) is 0 Å². The van der Waals surface area contributed by atoms with Crippen molar-refractivity contribution >= 4 is 22.8 Å². The van der Waals surface area contributed by atoms with Crippen LogP contribution < -0.4 is 19.7 Å². The van der Waals surface area contributed by atoms with Gasteiger partial charge in [-0.1, -0.05) is 6.07 Å². The Hall–Kier alpha value is -3.29. The Balaban J connectivity index is 1.39. The van der Waals surface area contributed by atoms with Gasteiger partial charge in [0, 0.05) is 25.2 Å². The first kappa shape index (κ1) is 24.8. The van der Waals surface area contributed by atoms with E-state index in [2.05, 4.69) is 15.2 Å². The van der Waals surface area contributed by atoms with E-state index in [1.165, 1.54) is 0 Å². The monoisotopic (exact) mass is 480 g/mol. The molecule has 8 heteroatoms. The van der Waals surface area contributed by atoms with Crippen LogP contribution in [-0.2, 0) is 11.2 Å². The molecule has 1 atom stereocenters. The number of hydrogen-bond acceptors (Lipinski definition) is 7. The highest BCUT2D eigenvalue weighted by Crippen LogP contribution is 2.33. The van der Waals surface area contributed by atoms with Gasteiger partial charge < -0.3 is 24.1 Å². The number of piperidine rings is 1. The molecule has 2 aromatic heterocycles. The van der Waals surface area contributed by atoms with Crippen LogP contribution >= 0.6 is 0 Å². The summed E-state index contributed by atoms with van der Waals surface area (Å²) >= 11 is 0. The molecule has 0 bridgehead atoms. The first-order chi connectivity index (χ1) is 16.9. The summed E-state index contributed by atoms with van der Waals surface area (Å²) < 4.78 is 17.2. The molecular weight excluding hydrogens is 444 g/mol. The van der Waals surface area contributed by atoms with E-state index in [4.69, 9.17) is 18.9 Å². The lowest BCUT2D eigenvalue weighted by molar-refractivity contribution is -0.125. The van der Waals surface area contributed by atoms with E-state index < -0.39 is 0 Å². The highest BCUT2D eigenvalue weighted by atomic mass is 16.5. The number of ether oxygens (including phenoxy) is 2. The number of rotatable bonds is 9. The molecular formula is C27H36N4O4. The Morgan fingerprint density at radius 3 is 2.69 bits per heavy atom. The molecule has 0 spiro atoms. The van der Waals surface area contributed by atoms with Crippen molar-refractivity contribution in [2.24, 2.45) is 5.92 Å². The van der Waals surface area contributed by atoms with E-state index in [-0.39, 0.29) is 11.8 Å². The minimum absolute atomic E-state index is 0.0818. The van der Waals surface area contributed by atoms with Gasteiger partial charge in [0.1, 0.15) is 17.4 Å². The van der Waals surface area contributed by atoms with Gasteiger partial charge in [-0.25, -0.2) is 4.98 Å². The van der Waals surface area contributed by atoms with Gasteiger partial charge in [0.25, 0.3) is 0 Å². The van der Waals surface area contributed by atoms with Gasteiger partial charge >= 0.3 is 0 Å². The molecule has 8 nitrogen and oxygen atoms in total. The fraction of sp³-hybridized carbons (Fsp3) is 0.519. The zero-order valence-corrected chi connectivity index (χ0v) is 21.4. The lowest BCUT2D eigenvalue weighted by atomic mass is 9.96. The highest BCUT2D eigenvalue weighted by molar-refractivity contribution is 5.90. The summed E-state index contributed by atoms with van der Waals surface area (Å²) in [5.74, 6) is 3.91. The summed E-state index contributed by atoms with van der Waals surface area (Å²) in [7, 11) is 0. The predicted molar refractivity (Wildman–Crippen MR) is 136 cm³/mol. The molecule has 1 aliphatic heterocycles. The van der Waals surface area contributed by atoms with Gasteiger partial charge in [-0.2, -0.15) is 4.98 Å². The first-order valence-corrected chi connectivity index (χ1v) is 12.6. The predicted octanol–water partition coefficient (Wildman–Crippen LogP) is 4.52. The second-order valence-corrected chi connectivity index (χ2v) is 9.03. The third kappa shape index (κ3) is 5.52. The van der Waals surface area contributed by atoms with Gasteiger partial charge in [0.05, 0.1) is 24.5 Å². The largest absolute Gasteiger partial charge is 0.490 e. The molecule has 1 aromatic carbocycles. The number of fused-ring (bicyclic) bond motifs is 1. The average Bonchev–Trinajstić information content (AvgIpc) is 3.13. The number of carbonyl (C=O) groups is 1. The molecule has 0 saturated carbocycles. The molecule has 188 valence electrons. The molecule has 0 unspecified atom stereocenters. The third-order valence-corrected chi connectivity index (χ3v) is 6.53. The smallest absolute Gasteiger partial charge is 0.231 e. The summed E-state index contributed by atoms with van der Waals surface area (Å²) in [6.07, 6.45) is 2.54. The van der Waals surface area contributed by atoms with Gasteiger partial charge in [-0.05, 0) is 71.6 Å². The van der Waals surface area contributed by atoms with Crippen LogP contribution in [0.3, 0.4) is 0 Å². The van der Waals surface area contributed by atoms with Crippen molar-refractivity contribution in [2.45, 2.75) is 53.9 Å². The molecule has 3 aromatic rings. The van der Waals surface area contributed by atoms with Crippen LogP contribution in [0.1, 0.15) is 49.4 Å². The van der Waals surface area contributed by atoms with Crippen LogP contribution in [0, 0.1) is 26.7 Å². The fourth-order valence-corrected chi connectivity index (χ4v) is 4.67. The number of furan rings is 1. The van der Waals surface area contributed by atoms with Crippen LogP contribution in [0.2, 0.25) is 0 Å². The topological polar surface area (TPSA) is 89.7 Å². The molecule has 1 amide bonds. The fourth-order valence-electron chi connectivity index (χ4n) is 4.67.